The summed E-state index contributed by atoms with van der Waals surface area (Å²) in [7, 11) is 0. The van der Waals surface area contributed by atoms with E-state index in [0.29, 0.717) is 23.4 Å². The Labute approximate surface area is 126 Å². The second-order valence-electron chi connectivity index (χ2n) is 7.26. The Morgan fingerprint density at radius 3 is 2.20 bits per heavy atom. The number of nitrogens with zero attached hydrogens (tertiary/aromatic N) is 1. The fourth-order valence-corrected chi connectivity index (χ4v) is 2.31. The van der Waals surface area contributed by atoms with E-state index in [4.69, 9.17) is 5.73 Å². The minimum absolute atomic E-state index is 0.300. The minimum Gasteiger partial charge on any atom is -0.356 e. The van der Waals surface area contributed by atoms with Crippen molar-refractivity contribution < 1.29 is 0 Å². The third kappa shape index (κ3) is 10.1. The van der Waals surface area contributed by atoms with Gasteiger partial charge in [-0.1, -0.05) is 20.8 Å². The van der Waals surface area contributed by atoms with Gasteiger partial charge in [-0.3, -0.25) is 4.99 Å². The van der Waals surface area contributed by atoms with E-state index >= 15 is 0 Å². The summed E-state index contributed by atoms with van der Waals surface area (Å²) < 4.78 is 0. The van der Waals surface area contributed by atoms with Gasteiger partial charge in [-0.25, -0.2) is 0 Å². The molecule has 4 nitrogen and oxygen atoms in total. The Hall–Kier alpha value is -0.770. The lowest BCUT2D eigenvalue weighted by atomic mass is 9.80. The normalized spacial score (nSPS) is 14.8. The van der Waals surface area contributed by atoms with E-state index in [1.807, 2.05) is 0 Å². The van der Waals surface area contributed by atoms with Gasteiger partial charge in [0.2, 0.25) is 0 Å². The van der Waals surface area contributed by atoms with Gasteiger partial charge in [0.05, 0.1) is 0 Å². The number of hydrogen-bond donors (Lipinski definition) is 3. The molecule has 0 bridgehead atoms. The Kier molecular flexibility index (Phi) is 8.86. The zero-order valence-electron chi connectivity index (χ0n) is 14.6. The second kappa shape index (κ2) is 9.22. The van der Waals surface area contributed by atoms with Crippen LogP contribution >= 0.6 is 0 Å². The van der Waals surface area contributed by atoms with Crippen molar-refractivity contribution in [2.24, 2.45) is 22.1 Å². The number of nitrogens with one attached hydrogen (secondary N) is 2. The molecule has 0 aliphatic rings. The standard InChI is InChI=1S/C16H36N4/c1-12(2)19-15(20-13(3)4)18-9-8-16(6,7)10-14(5)11-17/h12-14H,8-11,17H2,1-7H3,(H2,18,19,20). The van der Waals surface area contributed by atoms with Crippen LogP contribution in [0.25, 0.3) is 0 Å². The molecule has 0 aromatic carbocycles. The summed E-state index contributed by atoms with van der Waals surface area (Å²) in [6.07, 6.45) is 2.29. The zero-order valence-corrected chi connectivity index (χ0v) is 14.6. The average Bonchev–Trinajstić information content (AvgIpc) is 2.25. The van der Waals surface area contributed by atoms with Crippen molar-refractivity contribution in [1.29, 1.82) is 0 Å². The number of rotatable bonds is 8. The molecule has 0 amide bonds. The summed E-state index contributed by atoms with van der Waals surface area (Å²) in [6, 6.07) is 0.694. The molecule has 0 rings (SSSR count). The van der Waals surface area contributed by atoms with Crippen molar-refractivity contribution >= 4 is 5.96 Å². The molecule has 120 valence electrons. The number of hydrogen-bond acceptors (Lipinski definition) is 2. The molecule has 0 fully saturated rings. The fourth-order valence-electron chi connectivity index (χ4n) is 2.31. The summed E-state index contributed by atoms with van der Waals surface area (Å²) in [6.45, 7) is 17.0. The molecule has 0 spiro atoms. The van der Waals surface area contributed by atoms with E-state index in [-0.39, 0.29) is 0 Å². The third-order valence-corrected chi connectivity index (χ3v) is 3.21. The van der Waals surface area contributed by atoms with E-state index in [9.17, 15) is 0 Å². The highest BCUT2D eigenvalue weighted by molar-refractivity contribution is 5.80. The molecular weight excluding hydrogens is 248 g/mol. The average molecular weight is 284 g/mol. The molecule has 0 aliphatic carbocycles. The van der Waals surface area contributed by atoms with Crippen LogP contribution in [0, 0.1) is 11.3 Å². The molecule has 0 saturated carbocycles. The van der Waals surface area contributed by atoms with Gasteiger partial charge in [0.25, 0.3) is 0 Å². The minimum atomic E-state index is 0.300. The Morgan fingerprint density at radius 1 is 1.15 bits per heavy atom. The second-order valence-corrected chi connectivity index (χ2v) is 7.26. The molecule has 1 unspecified atom stereocenters. The van der Waals surface area contributed by atoms with E-state index in [1.54, 1.807) is 0 Å². The summed E-state index contributed by atoms with van der Waals surface area (Å²) in [5.74, 6) is 1.50. The van der Waals surface area contributed by atoms with Gasteiger partial charge >= 0.3 is 0 Å². The highest BCUT2D eigenvalue weighted by Gasteiger charge is 2.20. The fraction of sp³-hybridized carbons (Fsp3) is 0.938. The van der Waals surface area contributed by atoms with Gasteiger partial charge < -0.3 is 16.4 Å². The van der Waals surface area contributed by atoms with Crippen LogP contribution in [0.3, 0.4) is 0 Å². The van der Waals surface area contributed by atoms with Crippen LogP contribution in [0.2, 0.25) is 0 Å². The van der Waals surface area contributed by atoms with Crippen molar-refractivity contribution in [3.05, 3.63) is 0 Å². The molecule has 1 atom stereocenters. The van der Waals surface area contributed by atoms with Gasteiger partial charge in [-0.2, -0.15) is 0 Å². The van der Waals surface area contributed by atoms with Crippen molar-refractivity contribution in [3.8, 4) is 0 Å². The van der Waals surface area contributed by atoms with Crippen molar-refractivity contribution in [2.45, 2.75) is 73.4 Å². The van der Waals surface area contributed by atoms with Crippen molar-refractivity contribution in [2.75, 3.05) is 13.1 Å². The van der Waals surface area contributed by atoms with E-state index < -0.39 is 0 Å². The van der Waals surface area contributed by atoms with E-state index in [1.165, 1.54) is 6.42 Å². The van der Waals surface area contributed by atoms with Crippen LogP contribution in [0.15, 0.2) is 4.99 Å². The summed E-state index contributed by atoms with van der Waals surface area (Å²) >= 11 is 0. The molecule has 4 N–H and O–H groups in total. The first-order valence-corrected chi connectivity index (χ1v) is 7.94. The molecule has 0 aromatic heterocycles. The number of nitrogens with two attached hydrogens (primary N) is 1. The monoisotopic (exact) mass is 284 g/mol. The molecule has 20 heavy (non-hydrogen) atoms. The van der Waals surface area contributed by atoms with Crippen molar-refractivity contribution in [3.63, 3.8) is 0 Å². The van der Waals surface area contributed by atoms with E-state index in [0.717, 1.165) is 25.5 Å². The van der Waals surface area contributed by atoms with E-state index in [2.05, 4.69) is 64.1 Å². The van der Waals surface area contributed by atoms with Crippen LogP contribution in [0.4, 0.5) is 0 Å². The van der Waals surface area contributed by atoms with Crippen LogP contribution in [-0.4, -0.2) is 31.1 Å². The van der Waals surface area contributed by atoms with Crippen LogP contribution in [-0.2, 0) is 0 Å². The molecular formula is C16H36N4. The maximum absolute atomic E-state index is 5.72. The Morgan fingerprint density at radius 2 is 1.75 bits per heavy atom. The van der Waals surface area contributed by atoms with Crippen molar-refractivity contribution in [1.82, 2.24) is 10.6 Å². The summed E-state index contributed by atoms with van der Waals surface area (Å²) in [5, 5.41) is 6.81. The highest BCUT2D eigenvalue weighted by Crippen LogP contribution is 2.28. The first-order chi connectivity index (χ1) is 9.16. The highest BCUT2D eigenvalue weighted by atomic mass is 15.2. The quantitative estimate of drug-likeness (QED) is 0.474. The van der Waals surface area contributed by atoms with Gasteiger partial charge in [0.1, 0.15) is 0 Å². The lowest BCUT2D eigenvalue weighted by Crippen LogP contribution is -2.42. The van der Waals surface area contributed by atoms with Crippen LogP contribution in [0.1, 0.15) is 61.3 Å². The largest absolute Gasteiger partial charge is 0.356 e. The van der Waals surface area contributed by atoms with Gasteiger partial charge in [0, 0.05) is 18.6 Å². The molecule has 0 radical (unpaired) electrons. The SMILES string of the molecule is CC(CN)CC(C)(C)CCNC(=NC(C)C)NC(C)C. The molecule has 4 heteroatoms. The zero-order chi connectivity index (χ0) is 15.8. The predicted octanol–water partition coefficient (Wildman–Crippen LogP) is 2.74. The number of aliphatic imine (C=N–C) groups is 1. The van der Waals surface area contributed by atoms with Crippen LogP contribution in [0.5, 0.6) is 0 Å². The predicted molar refractivity (Wildman–Crippen MR) is 90.1 cm³/mol. The topological polar surface area (TPSA) is 62.4 Å². The smallest absolute Gasteiger partial charge is 0.191 e. The number of guanidine groups is 1. The van der Waals surface area contributed by atoms with Gasteiger partial charge in [0.15, 0.2) is 5.96 Å². The summed E-state index contributed by atoms with van der Waals surface area (Å²) in [4.78, 5) is 4.59. The molecule has 0 aliphatic heterocycles. The Balaban J connectivity index is 4.29. The maximum atomic E-state index is 5.72. The lowest BCUT2D eigenvalue weighted by molar-refractivity contribution is 0.260. The first kappa shape index (κ1) is 19.2. The lowest BCUT2D eigenvalue weighted by Gasteiger charge is -2.28. The van der Waals surface area contributed by atoms with Crippen LogP contribution < -0.4 is 16.4 Å². The van der Waals surface area contributed by atoms with Gasteiger partial charge in [-0.05, 0) is 58.4 Å². The third-order valence-electron chi connectivity index (χ3n) is 3.21. The molecule has 0 saturated heterocycles. The Bertz CT molecular complexity index is 282. The summed E-state index contributed by atoms with van der Waals surface area (Å²) in [5.41, 5.74) is 6.03. The first-order valence-electron chi connectivity index (χ1n) is 7.94. The molecule has 0 aromatic rings. The maximum Gasteiger partial charge on any atom is 0.191 e. The van der Waals surface area contributed by atoms with Gasteiger partial charge in [-0.15, -0.1) is 0 Å². The molecule has 0 heterocycles.